The van der Waals surface area contributed by atoms with Crippen molar-refractivity contribution >= 4 is 11.5 Å². The lowest BCUT2D eigenvalue weighted by atomic mass is 9.67. The van der Waals surface area contributed by atoms with E-state index in [1.54, 1.807) is 0 Å². The van der Waals surface area contributed by atoms with Crippen LogP contribution in [0.4, 0.5) is 0 Å². The van der Waals surface area contributed by atoms with Crippen molar-refractivity contribution in [2.45, 2.75) is 32.2 Å². The third-order valence-corrected chi connectivity index (χ3v) is 3.82. The molecule has 0 radical (unpaired) electrons. The summed E-state index contributed by atoms with van der Waals surface area (Å²) in [5, 5.41) is 18.4. The van der Waals surface area contributed by atoms with Gasteiger partial charge in [-0.05, 0) is 36.2 Å². The zero-order valence-electron chi connectivity index (χ0n) is 8.78. The second kappa shape index (κ2) is 5.01. The van der Waals surface area contributed by atoms with Crippen LogP contribution in [0.25, 0.3) is 0 Å². The van der Waals surface area contributed by atoms with Crippen molar-refractivity contribution in [2.24, 2.45) is 5.41 Å². The van der Waals surface area contributed by atoms with Crippen LogP contribution in [0.3, 0.4) is 0 Å². The van der Waals surface area contributed by atoms with E-state index in [-0.39, 0.29) is 0 Å². The number of aromatic nitrogens is 2. The summed E-state index contributed by atoms with van der Waals surface area (Å²) in [7, 11) is 0. The van der Waals surface area contributed by atoms with Crippen LogP contribution < -0.4 is 5.32 Å². The van der Waals surface area contributed by atoms with Gasteiger partial charge in [0.05, 0.1) is 5.69 Å². The number of nitrogens with zero attached hydrogens (tertiary/aromatic N) is 2. The van der Waals surface area contributed by atoms with Gasteiger partial charge in [-0.3, -0.25) is 0 Å². The Morgan fingerprint density at radius 3 is 2.93 bits per heavy atom. The first-order chi connectivity index (χ1) is 7.35. The molecule has 1 aromatic rings. The number of aliphatic hydroxyl groups is 1. The first-order valence-corrected chi connectivity index (χ1v) is 6.26. The van der Waals surface area contributed by atoms with Crippen LogP contribution in [0.2, 0.25) is 0 Å². The van der Waals surface area contributed by atoms with Gasteiger partial charge in [-0.15, -0.1) is 5.10 Å². The van der Waals surface area contributed by atoms with Gasteiger partial charge in [0.2, 0.25) is 0 Å². The third kappa shape index (κ3) is 2.74. The Labute approximate surface area is 93.9 Å². The predicted octanol–water partition coefficient (Wildman–Crippen LogP) is 1.18. The van der Waals surface area contributed by atoms with E-state index in [9.17, 15) is 0 Å². The molecule has 0 atom stereocenters. The second-order valence-electron chi connectivity index (χ2n) is 4.33. The average Bonchev–Trinajstić information content (AvgIpc) is 2.67. The summed E-state index contributed by atoms with van der Waals surface area (Å²) in [5.41, 5.74) is 1.37. The molecule has 1 aliphatic carbocycles. The predicted molar refractivity (Wildman–Crippen MR) is 59.6 cm³/mol. The molecule has 2 N–H and O–H groups in total. The maximum atomic E-state index is 9.00. The second-order valence-corrected chi connectivity index (χ2v) is 4.94. The molecule has 0 spiro atoms. The normalized spacial score (nSPS) is 18.7. The summed E-state index contributed by atoms with van der Waals surface area (Å²) in [5.74, 6) is 0. The topological polar surface area (TPSA) is 58.0 Å². The van der Waals surface area contributed by atoms with E-state index in [0.717, 1.165) is 25.2 Å². The van der Waals surface area contributed by atoms with E-state index < -0.39 is 0 Å². The Bertz CT molecular complexity index is 285. The standard InChI is InChI=1S/C10H17N3OS/c14-5-4-10(2-1-3-10)8-11-6-9-7-15-13-12-9/h7,11,14H,1-6,8H2. The average molecular weight is 227 g/mol. The lowest BCUT2D eigenvalue weighted by Crippen LogP contribution is -2.40. The van der Waals surface area contributed by atoms with Crippen LogP contribution in [0.15, 0.2) is 5.38 Å². The van der Waals surface area contributed by atoms with Crippen molar-refractivity contribution in [3.05, 3.63) is 11.1 Å². The summed E-state index contributed by atoms with van der Waals surface area (Å²) in [6.45, 7) is 2.09. The van der Waals surface area contributed by atoms with Gasteiger partial charge in [-0.1, -0.05) is 10.9 Å². The molecule has 4 nitrogen and oxygen atoms in total. The number of nitrogens with one attached hydrogen (secondary N) is 1. The zero-order valence-corrected chi connectivity index (χ0v) is 9.59. The highest BCUT2D eigenvalue weighted by Crippen LogP contribution is 2.43. The lowest BCUT2D eigenvalue weighted by molar-refractivity contribution is 0.0858. The smallest absolute Gasteiger partial charge is 0.0893 e. The lowest BCUT2D eigenvalue weighted by Gasteiger charge is -2.42. The number of hydrogen-bond acceptors (Lipinski definition) is 5. The molecule has 0 aromatic carbocycles. The summed E-state index contributed by atoms with van der Waals surface area (Å²) < 4.78 is 3.82. The first kappa shape index (κ1) is 11.0. The molecule has 0 saturated heterocycles. The Balaban J connectivity index is 1.72. The molecular formula is C10H17N3OS. The van der Waals surface area contributed by atoms with Gasteiger partial charge >= 0.3 is 0 Å². The first-order valence-electron chi connectivity index (χ1n) is 5.42. The Morgan fingerprint density at radius 1 is 1.53 bits per heavy atom. The van der Waals surface area contributed by atoms with Gasteiger partial charge in [0.1, 0.15) is 0 Å². The highest BCUT2D eigenvalue weighted by atomic mass is 32.1. The third-order valence-electron chi connectivity index (χ3n) is 3.27. The van der Waals surface area contributed by atoms with Crippen molar-refractivity contribution < 1.29 is 5.11 Å². The van der Waals surface area contributed by atoms with Gasteiger partial charge in [0, 0.05) is 25.1 Å². The van der Waals surface area contributed by atoms with E-state index in [4.69, 9.17) is 5.11 Å². The van der Waals surface area contributed by atoms with Crippen molar-refractivity contribution in [2.75, 3.05) is 13.2 Å². The molecular weight excluding hydrogens is 210 g/mol. The molecule has 84 valence electrons. The van der Waals surface area contributed by atoms with Gasteiger partial charge in [-0.25, -0.2) is 0 Å². The van der Waals surface area contributed by atoms with Crippen molar-refractivity contribution in [1.29, 1.82) is 0 Å². The molecule has 0 bridgehead atoms. The molecule has 1 heterocycles. The zero-order chi connectivity index (χ0) is 10.6. The van der Waals surface area contributed by atoms with Crippen LogP contribution >= 0.6 is 11.5 Å². The van der Waals surface area contributed by atoms with Crippen LogP contribution in [-0.4, -0.2) is 27.8 Å². The SMILES string of the molecule is OCCC1(CNCc2csnn2)CCC1. The maximum Gasteiger partial charge on any atom is 0.0893 e. The highest BCUT2D eigenvalue weighted by molar-refractivity contribution is 7.03. The molecule has 0 unspecified atom stereocenters. The van der Waals surface area contributed by atoms with E-state index in [1.807, 2.05) is 5.38 Å². The van der Waals surface area contributed by atoms with Gasteiger partial charge < -0.3 is 10.4 Å². The van der Waals surface area contributed by atoms with Crippen LogP contribution in [0.1, 0.15) is 31.4 Å². The molecule has 1 saturated carbocycles. The van der Waals surface area contributed by atoms with E-state index in [1.165, 1.54) is 30.8 Å². The molecule has 5 heteroatoms. The van der Waals surface area contributed by atoms with Gasteiger partial charge in [0.25, 0.3) is 0 Å². The molecule has 1 fully saturated rings. The highest BCUT2D eigenvalue weighted by Gasteiger charge is 2.35. The number of hydrogen-bond donors (Lipinski definition) is 2. The molecule has 1 aliphatic rings. The number of aliphatic hydroxyl groups excluding tert-OH is 1. The van der Waals surface area contributed by atoms with Crippen molar-refractivity contribution in [3.8, 4) is 0 Å². The van der Waals surface area contributed by atoms with Gasteiger partial charge in [0.15, 0.2) is 0 Å². The van der Waals surface area contributed by atoms with E-state index >= 15 is 0 Å². The van der Waals surface area contributed by atoms with Crippen molar-refractivity contribution in [1.82, 2.24) is 14.9 Å². The fourth-order valence-electron chi connectivity index (χ4n) is 2.15. The molecule has 15 heavy (non-hydrogen) atoms. The fourth-order valence-corrected chi connectivity index (χ4v) is 2.60. The quantitative estimate of drug-likeness (QED) is 0.766. The maximum absolute atomic E-state index is 9.00. The Hall–Kier alpha value is -0.520. The van der Waals surface area contributed by atoms with Crippen LogP contribution in [-0.2, 0) is 6.54 Å². The van der Waals surface area contributed by atoms with Crippen LogP contribution in [0, 0.1) is 5.41 Å². The van der Waals surface area contributed by atoms with E-state index in [0.29, 0.717) is 12.0 Å². The molecule has 1 aromatic heterocycles. The van der Waals surface area contributed by atoms with E-state index in [2.05, 4.69) is 14.9 Å². The summed E-state index contributed by atoms with van der Waals surface area (Å²) in [6, 6.07) is 0. The minimum atomic E-state index is 0.305. The Kier molecular flexibility index (Phi) is 3.66. The van der Waals surface area contributed by atoms with Gasteiger partial charge in [-0.2, -0.15) is 0 Å². The summed E-state index contributed by atoms with van der Waals surface area (Å²) in [4.78, 5) is 0. The number of rotatable bonds is 6. The fraction of sp³-hybridized carbons (Fsp3) is 0.800. The molecule has 0 aliphatic heterocycles. The minimum absolute atomic E-state index is 0.305. The molecule has 2 rings (SSSR count). The monoisotopic (exact) mass is 227 g/mol. The van der Waals surface area contributed by atoms with Crippen molar-refractivity contribution in [3.63, 3.8) is 0 Å². The largest absolute Gasteiger partial charge is 0.396 e. The Morgan fingerprint density at radius 2 is 2.40 bits per heavy atom. The molecule has 0 amide bonds. The van der Waals surface area contributed by atoms with Crippen LogP contribution in [0.5, 0.6) is 0 Å². The summed E-state index contributed by atoms with van der Waals surface area (Å²) in [6.07, 6.45) is 4.72. The minimum Gasteiger partial charge on any atom is -0.396 e. The summed E-state index contributed by atoms with van der Waals surface area (Å²) >= 11 is 1.39.